The first-order valence-corrected chi connectivity index (χ1v) is 12.9. The molecule has 3 heterocycles. The molecular formula is C28H29ClFN7O. The second-order valence-electron chi connectivity index (χ2n) is 9.31. The molecule has 4 aromatic rings. The number of nitrogens with zero attached hydrogens (tertiary/aromatic N) is 5. The lowest BCUT2D eigenvalue weighted by Crippen LogP contribution is -2.49. The van der Waals surface area contributed by atoms with Gasteiger partial charge in [-0.2, -0.15) is 0 Å². The number of benzene rings is 2. The first kappa shape index (κ1) is 25.8. The van der Waals surface area contributed by atoms with Crippen molar-refractivity contribution in [3.63, 3.8) is 0 Å². The van der Waals surface area contributed by atoms with E-state index in [0.717, 1.165) is 48.2 Å². The SMILES string of the molecule is CNC(=O)CN1CCN(c2ncc(-c3ccc4ncc(Cl)c(NC(C)c5ccccc5F)c4c3)cn2)CC1. The highest BCUT2D eigenvalue weighted by atomic mass is 35.5. The molecule has 1 atom stereocenters. The normalized spacial score (nSPS) is 14.9. The number of piperazine rings is 1. The molecule has 1 aliphatic rings. The predicted octanol–water partition coefficient (Wildman–Crippen LogP) is 4.53. The third-order valence-corrected chi connectivity index (χ3v) is 7.11. The van der Waals surface area contributed by atoms with Crippen molar-refractivity contribution >= 4 is 40.0 Å². The van der Waals surface area contributed by atoms with Crippen LogP contribution in [0.15, 0.2) is 61.1 Å². The highest BCUT2D eigenvalue weighted by molar-refractivity contribution is 6.34. The smallest absolute Gasteiger partial charge is 0.233 e. The summed E-state index contributed by atoms with van der Waals surface area (Å²) in [5, 5.41) is 7.33. The van der Waals surface area contributed by atoms with E-state index in [1.807, 2.05) is 43.6 Å². The van der Waals surface area contributed by atoms with Gasteiger partial charge in [0.25, 0.3) is 0 Å². The minimum Gasteiger partial charge on any atom is -0.377 e. The number of rotatable bonds is 7. The zero-order valence-electron chi connectivity index (χ0n) is 21.3. The largest absolute Gasteiger partial charge is 0.377 e. The van der Waals surface area contributed by atoms with E-state index in [4.69, 9.17) is 11.6 Å². The van der Waals surface area contributed by atoms with Crippen LogP contribution in [0.1, 0.15) is 18.5 Å². The average molecular weight is 534 g/mol. The Balaban J connectivity index is 1.35. The molecule has 0 radical (unpaired) electrons. The lowest BCUT2D eigenvalue weighted by Gasteiger charge is -2.34. The fraction of sp³-hybridized carbons (Fsp3) is 0.286. The molecule has 5 rings (SSSR count). The van der Waals surface area contributed by atoms with Crippen molar-refractivity contribution in [1.29, 1.82) is 0 Å². The van der Waals surface area contributed by atoms with Crippen LogP contribution in [0, 0.1) is 5.82 Å². The molecule has 1 unspecified atom stereocenters. The summed E-state index contributed by atoms with van der Waals surface area (Å²) in [4.78, 5) is 29.6. The van der Waals surface area contributed by atoms with Gasteiger partial charge in [-0.1, -0.05) is 35.9 Å². The van der Waals surface area contributed by atoms with Crippen LogP contribution in [-0.4, -0.2) is 65.5 Å². The zero-order chi connectivity index (χ0) is 26.6. The van der Waals surface area contributed by atoms with Gasteiger partial charge in [0, 0.05) is 68.3 Å². The zero-order valence-corrected chi connectivity index (χ0v) is 22.0. The number of carbonyl (C=O) groups excluding carboxylic acids is 1. The number of aromatic nitrogens is 3. The number of halogens is 2. The third-order valence-electron chi connectivity index (χ3n) is 6.83. The number of hydrogen-bond donors (Lipinski definition) is 2. The molecule has 2 aromatic heterocycles. The van der Waals surface area contributed by atoms with Gasteiger partial charge in [-0.05, 0) is 30.7 Å². The van der Waals surface area contributed by atoms with Gasteiger partial charge in [0.1, 0.15) is 5.82 Å². The Kier molecular flexibility index (Phi) is 7.67. The Morgan fingerprint density at radius 2 is 1.76 bits per heavy atom. The Hall–Kier alpha value is -3.82. The van der Waals surface area contributed by atoms with E-state index in [0.29, 0.717) is 28.8 Å². The fourth-order valence-electron chi connectivity index (χ4n) is 4.64. The van der Waals surface area contributed by atoms with Gasteiger partial charge in [0.2, 0.25) is 11.9 Å². The molecule has 2 N–H and O–H groups in total. The number of pyridine rings is 1. The molecule has 0 aliphatic carbocycles. The molecule has 10 heteroatoms. The van der Waals surface area contributed by atoms with Gasteiger partial charge < -0.3 is 15.5 Å². The Bertz CT molecular complexity index is 1440. The van der Waals surface area contributed by atoms with Gasteiger partial charge in [-0.3, -0.25) is 14.7 Å². The summed E-state index contributed by atoms with van der Waals surface area (Å²) >= 11 is 6.55. The molecule has 0 bridgehead atoms. The lowest BCUT2D eigenvalue weighted by atomic mass is 10.0. The van der Waals surface area contributed by atoms with Crippen LogP contribution in [0.3, 0.4) is 0 Å². The van der Waals surface area contributed by atoms with Crippen molar-refractivity contribution in [3.05, 3.63) is 77.5 Å². The van der Waals surface area contributed by atoms with Crippen LogP contribution >= 0.6 is 11.6 Å². The maximum absolute atomic E-state index is 14.4. The number of carbonyl (C=O) groups is 1. The van der Waals surface area contributed by atoms with Crippen molar-refractivity contribution in [1.82, 2.24) is 25.2 Å². The van der Waals surface area contributed by atoms with Gasteiger partial charge in [0.15, 0.2) is 0 Å². The van der Waals surface area contributed by atoms with Gasteiger partial charge in [-0.25, -0.2) is 14.4 Å². The number of likely N-dealkylation sites (N-methyl/N-ethyl adjacent to an activating group) is 1. The molecule has 0 saturated carbocycles. The fourth-order valence-corrected chi connectivity index (χ4v) is 4.84. The van der Waals surface area contributed by atoms with E-state index < -0.39 is 0 Å². The van der Waals surface area contributed by atoms with Gasteiger partial charge in [-0.15, -0.1) is 0 Å². The van der Waals surface area contributed by atoms with Crippen molar-refractivity contribution in [2.75, 3.05) is 50.0 Å². The summed E-state index contributed by atoms with van der Waals surface area (Å²) in [6.07, 6.45) is 5.23. The summed E-state index contributed by atoms with van der Waals surface area (Å²) in [6.45, 7) is 5.37. The second-order valence-corrected chi connectivity index (χ2v) is 9.72. The maximum atomic E-state index is 14.4. The van der Waals surface area contributed by atoms with E-state index in [9.17, 15) is 9.18 Å². The number of amides is 1. The number of fused-ring (bicyclic) bond motifs is 1. The molecule has 38 heavy (non-hydrogen) atoms. The van der Waals surface area contributed by atoms with Crippen molar-refractivity contribution < 1.29 is 9.18 Å². The predicted molar refractivity (Wildman–Crippen MR) is 149 cm³/mol. The van der Waals surface area contributed by atoms with Crippen LogP contribution < -0.4 is 15.5 Å². The topological polar surface area (TPSA) is 86.3 Å². The minimum atomic E-state index is -0.303. The Labute approximate surface area is 225 Å². The van der Waals surface area contributed by atoms with Crippen LogP contribution in [0.4, 0.5) is 16.0 Å². The summed E-state index contributed by atoms with van der Waals surface area (Å²) in [7, 11) is 1.65. The molecule has 196 valence electrons. The highest BCUT2D eigenvalue weighted by Gasteiger charge is 2.21. The lowest BCUT2D eigenvalue weighted by molar-refractivity contribution is -0.121. The first-order chi connectivity index (χ1) is 18.4. The Morgan fingerprint density at radius 3 is 2.47 bits per heavy atom. The van der Waals surface area contributed by atoms with Crippen molar-refractivity contribution in [2.24, 2.45) is 0 Å². The molecule has 1 aliphatic heterocycles. The monoisotopic (exact) mass is 533 g/mol. The first-order valence-electron chi connectivity index (χ1n) is 12.5. The third kappa shape index (κ3) is 5.54. The standard InChI is InChI=1S/C28H29ClFN7O/c1-18(21-5-3-4-6-24(21)30)35-27-22-13-19(7-8-25(22)32-16-23(27)29)20-14-33-28(34-15-20)37-11-9-36(10-12-37)17-26(38)31-2/h3-8,13-16,18H,9-12,17H2,1-2H3,(H,31,38)(H,32,35). The Morgan fingerprint density at radius 1 is 1.03 bits per heavy atom. The molecular weight excluding hydrogens is 505 g/mol. The van der Waals surface area contributed by atoms with E-state index in [2.05, 4.69) is 35.4 Å². The summed E-state index contributed by atoms with van der Waals surface area (Å²) in [5.74, 6) is 0.415. The number of anilines is 2. The number of nitrogens with one attached hydrogen (secondary N) is 2. The molecule has 1 saturated heterocycles. The summed E-state index contributed by atoms with van der Waals surface area (Å²) in [6, 6.07) is 12.3. The maximum Gasteiger partial charge on any atom is 0.233 e. The molecule has 2 aromatic carbocycles. The molecule has 8 nitrogen and oxygen atoms in total. The van der Waals surface area contributed by atoms with Gasteiger partial charge in [0.05, 0.1) is 28.8 Å². The second kappa shape index (κ2) is 11.3. The van der Waals surface area contributed by atoms with Crippen LogP contribution in [0.2, 0.25) is 5.02 Å². The molecule has 1 fully saturated rings. The van der Waals surface area contributed by atoms with Crippen LogP contribution in [0.25, 0.3) is 22.0 Å². The summed E-state index contributed by atoms with van der Waals surface area (Å²) < 4.78 is 14.4. The molecule has 0 spiro atoms. The van der Waals surface area contributed by atoms with Crippen LogP contribution in [0.5, 0.6) is 0 Å². The van der Waals surface area contributed by atoms with Crippen molar-refractivity contribution in [2.45, 2.75) is 13.0 Å². The van der Waals surface area contributed by atoms with E-state index >= 15 is 0 Å². The van der Waals surface area contributed by atoms with Crippen molar-refractivity contribution in [3.8, 4) is 11.1 Å². The van der Waals surface area contributed by atoms with E-state index in [1.165, 1.54) is 6.07 Å². The van der Waals surface area contributed by atoms with E-state index in [-0.39, 0.29) is 17.8 Å². The quantitative estimate of drug-likeness (QED) is 0.361. The average Bonchev–Trinajstić information content (AvgIpc) is 2.95. The minimum absolute atomic E-state index is 0.0194. The molecule has 1 amide bonds. The number of hydrogen-bond acceptors (Lipinski definition) is 7. The highest BCUT2D eigenvalue weighted by Crippen LogP contribution is 2.35. The van der Waals surface area contributed by atoms with Crippen LogP contribution in [-0.2, 0) is 4.79 Å². The van der Waals surface area contributed by atoms with Gasteiger partial charge >= 0.3 is 0 Å². The van der Waals surface area contributed by atoms with E-state index in [1.54, 1.807) is 25.4 Å². The summed E-state index contributed by atoms with van der Waals surface area (Å²) in [5.41, 5.74) is 3.81.